The van der Waals surface area contributed by atoms with Crippen LogP contribution in [-0.2, 0) is 65.4 Å². The fraction of sp³-hybridized carbons (Fsp3) is 0.942. The first kappa shape index (κ1) is 86.1. The minimum atomic E-state index is -4.95. The zero-order chi connectivity index (χ0) is 65.4. The van der Waals surface area contributed by atoms with Gasteiger partial charge in [-0.15, -0.1) is 0 Å². The van der Waals surface area contributed by atoms with Crippen LogP contribution in [0.2, 0.25) is 0 Å². The summed E-state index contributed by atoms with van der Waals surface area (Å²) >= 11 is 0. The molecule has 3 N–H and O–H groups in total. The van der Waals surface area contributed by atoms with Crippen molar-refractivity contribution in [1.82, 2.24) is 0 Å². The van der Waals surface area contributed by atoms with Crippen LogP contribution < -0.4 is 0 Å². The van der Waals surface area contributed by atoms with Gasteiger partial charge in [0.25, 0.3) is 0 Å². The second-order valence-electron chi connectivity index (χ2n) is 26.1. The third-order valence-electron chi connectivity index (χ3n) is 16.9. The summed E-state index contributed by atoms with van der Waals surface area (Å²) < 4.78 is 68.2. The number of ether oxygens (including phenoxy) is 4. The van der Waals surface area contributed by atoms with Crippen LogP contribution in [0.5, 0.6) is 0 Å². The van der Waals surface area contributed by atoms with Gasteiger partial charge in [-0.25, -0.2) is 9.13 Å². The molecule has 0 bridgehead atoms. The Bertz CT molecular complexity index is 1750. The Kier molecular flexibility index (Phi) is 57.6. The summed E-state index contributed by atoms with van der Waals surface area (Å²) in [6.07, 6.45) is 40.2. The zero-order valence-electron chi connectivity index (χ0n) is 57.3. The van der Waals surface area contributed by atoms with Crippen molar-refractivity contribution in [2.24, 2.45) is 23.7 Å². The summed E-state index contributed by atoms with van der Waals surface area (Å²) in [5, 5.41) is 10.6. The van der Waals surface area contributed by atoms with Crippen molar-refractivity contribution in [3.63, 3.8) is 0 Å². The largest absolute Gasteiger partial charge is 0.472 e. The number of aliphatic hydroxyl groups excluding tert-OH is 1. The lowest BCUT2D eigenvalue weighted by atomic mass is 9.99. The number of carbonyl (C=O) groups excluding carboxylic acids is 4. The van der Waals surface area contributed by atoms with E-state index in [0.29, 0.717) is 31.6 Å². The molecule has 0 aromatic carbocycles. The van der Waals surface area contributed by atoms with Gasteiger partial charge in [0.2, 0.25) is 0 Å². The lowest BCUT2D eigenvalue weighted by Crippen LogP contribution is -2.30. The van der Waals surface area contributed by atoms with Crippen molar-refractivity contribution in [3.8, 4) is 0 Å². The van der Waals surface area contributed by atoms with Crippen LogP contribution in [0.25, 0.3) is 0 Å². The second-order valence-corrected chi connectivity index (χ2v) is 29.0. The first-order chi connectivity index (χ1) is 42.2. The van der Waals surface area contributed by atoms with E-state index in [9.17, 15) is 43.2 Å². The molecule has 8 atom stereocenters. The van der Waals surface area contributed by atoms with Gasteiger partial charge < -0.3 is 33.8 Å². The number of unbranched alkanes of at least 4 members (excludes halogenated alkanes) is 29. The maximum atomic E-state index is 13.0. The highest BCUT2D eigenvalue weighted by atomic mass is 31.2. The number of carbonyl (C=O) groups is 4. The van der Waals surface area contributed by atoms with Crippen LogP contribution in [0, 0.1) is 23.7 Å². The highest BCUT2D eigenvalue weighted by Gasteiger charge is 2.30. The summed E-state index contributed by atoms with van der Waals surface area (Å²) in [5.74, 6) is 0.920. The Morgan fingerprint density at radius 1 is 0.318 bits per heavy atom. The molecular formula is C69H134O17P2. The molecule has 0 aliphatic heterocycles. The second kappa shape index (κ2) is 58.8. The van der Waals surface area contributed by atoms with Crippen LogP contribution in [-0.4, -0.2) is 96.7 Å². The van der Waals surface area contributed by atoms with Crippen molar-refractivity contribution in [2.45, 2.75) is 356 Å². The van der Waals surface area contributed by atoms with Crippen molar-refractivity contribution >= 4 is 39.5 Å². The van der Waals surface area contributed by atoms with E-state index >= 15 is 0 Å². The molecule has 88 heavy (non-hydrogen) atoms. The van der Waals surface area contributed by atoms with Crippen molar-refractivity contribution in [1.29, 1.82) is 0 Å². The van der Waals surface area contributed by atoms with Crippen LogP contribution in [0.3, 0.4) is 0 Å². The lowest BCUT2D eigenvalue weighted by molar-refractivity contribution is -0.161. The van der Waals surface area contributed by atoms with Gasteiger partial charge in [-0.3, -0.25) is 37.3 Å². The van der Waals surface area contributed by atoms with Gasteiger partial charge in [0, 0.05) is 25.7 Å². The third kappa shape index (κ3) is 59.1. The van der Waals surface area contributed by atoms with E-state index in [2.05, 4.69) is 55.4 Å². The molecule has 17 nitrogen and oxygen atoms in total. The van der Waals surface area contributed by atoms with Gasteiger partial charge in [0.15, 0.2) is 12.2 Å². The Hall–Kier alpha value is -1.94. The van der Waals surface area contributed by atoms with Gasteiger partial charge in [-0.1, -0.05) is 287 Å². The van der Waals surface area contributed by atoms with Crippen LogP contribution in [0.15, 0.2) is 0 Å². The molecule has 0 spiro atoms. The smallest absolute Gasteiger partial charge is 0.462 e. The number of esters is 4. The molecule has 0 rings (SSSR count). The van der Waals surface area contributed by atoms with E-state index in [0.717, 1.165) is 114 Å². The van der Waals surface area contributed by atoms with Gasteiger partial charge in [-0.2, -0.15) is 0 Å². The van der Waals surface area contributed by atoms with E-state index in [1.165, 1.54) is 135 Å². The quantitative estimate of drug-likeness (QED) is 0.0222. The molecule has 0 aliphatic rings. The van der Waals surface area contributed by atoms with Crippen molar-refractivity contribution in [3.05, 3.63) is 0 Å². The number of hydrogen-bond donors (Lipinski definition) is 3. The summed E-state index contributed by atoms with van der Waals surface area (Å²) in [4.78, 5) is 72.5. The molecule has 6 unspecified atom stereocenters. The van der Waals surface area contributed by atoms with E-state index in [1.807, 2.05) is 0 Å². The van der Waals surface area contributed by atoms with Gasteiger partial charge >= 0.3 is 39.5 Å². The predicted octanol–water partition coefficient (Wildman–Crippen LogP) is 19.3. The Morgan fingerprint density at radius 3 is 0.807 bits per heavy atom. The molecular weight excluding hydrogens is 1160 g/mol. The Labute approximate surface area is 537 Å². The number of phosphoric acid groups is 2. The van der Waals surface area contributed by atoms with Crippen molar-refractivity contribution in [2.75, 3.05) is 39.6 Å². The highest BCUT2D eigenvalue weighted by Crippen LogP contribution is 2.45. The van der Waals surface area contributed by atoms with Gasteiger partial charge in [0.1, 0.15) is 19.3 Å². The van der Waals surface area contributed by atoms with E-state index in [-0.39, 0.29) is 25.7 Å². The van der Waals surface area contributed by atoms with E-state index in [4.69, 9.17) is 37.0 Å². The van der Waals surface area contributed by atoms with Crippen LogP contribution in [0.1, 0.15) is 338 Å². The topological polar surface area (TPSA) is 237 Å². The fourth-order valence-electron chi connectivity index (χ4n) is 10.2. The lowest BCUT2D eigenvalue weighted by Gasteiger charge is -2.21. The first-order valence-corrected chi connectivity index (χ1v) is 38.8. The normalized spacial score (nSPS) is 15.2. The molecule has 0 aliphatic carbocycles. The third-order valence-corrected chi connectivity index (χ3v) is 18.8. The molecule has 0 aromatic heterocycles. The molecule has 522 valence electrons. The highest BCUT2D eigenvalue weighted by molar-refractivity contribution is 7.47. The first-order valence-electron chi connectivity index (χ1n) is 35.8. The molecule has 0 saturated heterocycles. The summed E-state index contributed by atoms with van der Waals surface area (Å²) in [5.41, 5.74) is 0. The number of phosphoric ester groups is 2. The molecule has 0 saturated carbocycles. The molecule has 0 aromatic rings. The Balaban J connectivity index is 5.27. The molecule has 0 fully saturated rings. The van der Waals surface area contributed by atoms with Crippen LogP contribution >= 0.6 is 15.6 Å². The maximum absolute atomic E-state index is 13.0. The standard InChI is InChI=1S/C69H134O17P2/c1-9-60(6)46-38-30-22-14-12-13-15-25-33-41-49-66(71)79-55-64(85-68(73)51-43-35-26-18-16-23-31-39-47-61(7)10-2)57-83-87(75,76)81-53-63(70)54-82-88(77,78)84-58-65(56-80-67(72)50-42-34-28-20-21-29-37-45-59(4)5)86-69(74)52-44-36-27-19-17-24-32-40-48-62(8)11-3/h59-65,70H,9-58H2,1-8H3,(H,75,76)(H,77,78)/t60?,61?,62?,63?,64-,65-/m1/s1. The SMILES string of the molecule is CCC(C)CCCCCCCCCCCCC(=O)OC[C@H](COP(=O)(O)OCC(O)COP(=O)(O)OC[C@@H](COC(=O)CCCCCCCCCC(C)C)OC(=O)CCCCCCCCCCC(C)CC)OC(=O)CCCCCCCCCCC(C)CC. The average Bonchev–Trinajstić information content (AvgIpc) is 3.51. The Morgan fingerprint density at radius 2 is 0.545 bits per heavy atom. The van der Waals surface area contributed by atoms with Gasteiger partial charge in [0.05, 0.1) is 26.4 Å². The van der Waals surface area contributed by atoms with Crippen molar-refractivity contribution < 1.29 is 80.2 Å². The monoisotopic (exact) mass is 1300 g/mol. The zero-order valence-corrected chi connectivity index (χ0v) is 59.1. The van der Waals surface area contributed by atoms with E-state index in [1.54, 1.807) is 0 Å². The predicted molar refractivity (Wildman–Crippen MR) is 354 cm³/mol. The minimum Gasteiger partial charge on any atom is -0.462 e. The summed E-state index contributed by atoms with van der Waals surface area (Å²) in [6, 6.07) is 0. The van der Waals surface area contributed by atoms with Crippen LogP contribution in [0.4, 0.5) is 0 Å². The summed E-state index contributed by atoms with van der Waals surface area (Å²) in [6.45, 7) is 14.1. The van der Waals surface area contributed by atoms with Gasteiger partial charge in [-0.05, 0) is 49.4 Å². The minimum absolute atomic E-state index is 0.104. The number of hydrogen-bond acceptors (Lipinski definition) is 15. The average molecular weight is 1300 g/mol. The molecule has 0 heterocycles. The fourth-order valence-corrected chi connectivity index (χ4v) is 11.8. The number of rotatable bonds is 66. The van der Waals surface area contributed by atoms with E-state index < -0.39 is 97.5 Å². The molecule has 19 heteroatoms. The summed E-state index contributed by atoms with van der Waals surface area (Å²) in [7, 11) is -9.90. The molecule has 0 radical (unpaired) electrons. The number of aliphatic hydroxyl groups is 1. The molecule has 0 amide bonds. The maximum Gasteiger partial charge on any atom is 0.472 e.